The molecule has 0 heterocycles. The van der Waals surface area contributed by atoms with Crippen LogP contribution in [0, 0.1) is 0 Å². The van der Waals surface area contributed by atoms with Gasteiger partial charge in [0.25, 0.3) is 0 Å². The molecule has 4 aromatic carbocycles. The van der Waals surface area contributed by atoms with E-state index in [1.807, 2.05) is 0 Å². The molecule has 0 fully saturated rings. The van der Waals surface area contributed by atoms with E-state index in [2.05, 4.69) is 180 Å². The Morgan fingerprint density at radius 2 is 0.518 bits per heavy atom. The fraction of sp³-hybridized carbons (Fsp3) is 0.547. The third-order valence-electron chi connectivity index (χ3n) is 11.4. The minimum absolute atomic E-state index is 0.217. The second-order valence-electron chi connectivity index (χ2n) is 22.9. The summed E-state index contributed by atoms with van der Waals surface area (Å²) in [6.07, 6.45) is 3.13. The molecule has 0 saturated heterocycles. The van der Waals surface area contributed by atoms with E-state index >= 15 is 0 Å². The van der Waals surface area contributed by atoms with Gasteiger partial charge in [-0.3, -0.25) is 0 Å². The van der Waals surface area contributed by atoms with E-state index in [4.69, 9.17) is 0 Å². The molecule has 0 aliphatic heterocycles. The van der Waals surface area contributed by atoms with E-state index < -0.39 is 0 Å². The first kappa shape index (κ1) is 45.0. The van der Waals surface area contributed by atoms with E-state index in [0.29, 0.717) is 17.2 Å². The van der Waals surface area contributed by atoms with Crippen LogP contribution < -0.4 is 0 Å². The van der Waals surface area contributed by atoms with Gasteiger partial charge in [-0.25, -0.2) is 0 Å². The number of hydrogen-bond donors (Lipinski definition) is 3. The van der Waals surface area contributed by atoms with Gasteiger partial charge in [-0.2, -0.15) is 0 Å². The lowest BCUT2D eigenvalue weighted by atomic mass is 9.76. The van der Waals surface area contributed by atoms with Crippen molar-refractivity contribution in [2.45, 2.75) is 190 Å². The molecule has 0 aliphatic rings. The molecule has 0 saturated carbocycles. The molecule has 3 heteroatoms. The lowest BCUT2D eigenvalue weighted by Crippen LogP contribution is -2.18. The topological polar surface area (TPSA) is 60.7 Å². The van der Waals surface area contributed by atoms with Crippen molar-refractivity contribution in [3.8, 4) is 17.2 Å². The van der Waals surface area contributed by atoms with Crippen molar-refractivity contribution in [3.63, 3.8) is 0 Å². The Morgan fingerprint density at radius 1 is 0.321 bits per heavy atom. The van der Waals surface area contributed by atoms with Crippen molar-refractivity contribution in [1.29, 1.82) is 0 Å². The van der Waals surface area contributed by atoms with Crippen LogP contribution in [0.5, 0.6) is 17.2 Å². The molecular weight excluding hydrogens is 685 g/mol. The number of phenolic OH excluding ortho intramolecular Hbond substituents is 3. The van der Waals surface area contributed by atoms with Crippen LogP contribution in [0.25, 0.3) is 0 Å². The summed E-state index contributed by atoms with van der Waals surface area (Å²) in [6.45, 7) is 41.5. The maximum atomic E-state index is 11.6. The van der Waals surface area contributed by atoms with E-state index in [-0.39, 0.29) is 32.5 Å². The van der Waals surface area contributed by atoms with Gasteiger partial charge in [0, 0.05) is 0 Å². The normalized spacial score (nSPS) is 13.4. The standard InChI is InChI=1S/C53H76O3/c1-20-38-36(24-34-28-41(50(8,9)10)46(55)42(29-34)51(11,12)13)22-32(21-33-26-39(48(2,3)4)45(54)40(27-33)49(5,6)7)23-37(38)25-35-30-43(52(14,15)16)47(56)44(31-35)53(17,18)19/h22-23,26-31,54-56H,20-21,24-25H2,1-19H3. The summed E-state index contributed by atoms with van der Waals surface area (Å²) in [6, 6.07) is 18.2. The van der Waals surface area contributed by atoms with Crippen LogP contribution in [0.2, 0.25) is 0 Å². The Kier molecular flexibility index (Phi) is 12.2. The van der Waals surface area contributed by atoms with Gasteiger partial charge in [-0.1, -0.05) is 180 Å². The van der Waals surface area contributed by atoms with Gasteiger partial charge in [-0.05, 0) is 130 Å². The molecule has 56 heavy (non-hydrogen) atoms. The molecule has 0 unspecified atom stereocenters. The van der Waals surface area contributed by atoms with Gasteiger partial charge >= 0.3 is 0 Å². The van der Waals surface area contributed by atoms with Gasteiger partial charge in [0.15, 0.2) is 0 Å². The lowest BCUT2D eigenvalue weighted by molar-refractivity contribution is 0.422. The third kappa shape index (κ3) is 10.0. The molecule has 0 amide bonds. The van der Waals surface area contributed by atoms with Gasteiger partial charge in [0.1, 0.15) is 17.2 Å². The summed E-state index contributed by atoms with van der Waals surface area (Å²) in [5.74, 6) is 1.23. The SMILES string of the molecule is CCc1c(Cc2cc(C(C)(C)C)c(O)c(C(C)(C)C)c2)cc(Cc2cc(C(C)(C)C)c(O)c(C(C)(C)C)c2)cc1Cc1cc(C(C)(C)C)c(O)c(C(C)(C)C)c1. The van der Waals surface area contributed by atoms with Gasteiger partial charge < -0.3 is 15.3 Å². The van der Waals surface area contributed by atoms with Crippen LogP contribution in [-0.4, -0.2) is 15.3 Å². The molecule has 0 aliphatic carbocycles. The number of benzene rings is 4. The molecule has 4 rings (SSSR count). The molecule has 0 atom stereocenters. The minimum atomic E-state index is -0.219. The Hall–Kier alpha value is -3.72. The highest BCUT2D eigenvalue weighted by atomic mass is 16.3. The van der Waals surface area contributed by atoms with Crippen molar-refractivity contribution in [2.75, 3.05) is 0 Å². The van der Waals surface area contributed by atoms with Crippen molar-refractivity contribution < 1.29 is 15.3 Å². The van der Waals surface area contributed by atoms with Crippen LogP contribution in [0.4, 0.5) is 0 Å². The monoisotopic (exact) mass is 761 g/mol. The summed E-state index contributed by atoms with van der Waals surface area (Å²) in [7, 11) is 0. The fourth-order valence-corrected chi connectivity index (χ4v) is 8.24. The summed E-state index contributed by atoms with van der Waals surface area (Å²) >= 11 is 0. The van der Waals surface area contributed by atoms with Gasteiger partial charge in [0.2, 0.25) is 0 Å². The van der Waals surface area contributed by atoms with Crippen LogP contribution in [0.3, 0.4) is 0 Å². The van der Waals surface area contributed by atoms with Crippen molar-refractivity contribution in [2.24, 2.45) is 0 Å². The molecule has 3 N–H and O–H groups in total. The number of phenols is 3. The Morgan fingerprint density at radius 3 is 0.714 bits per heavy atom. The number of rotatable bonds is 7. The first-order valence-electron chi connectivity index (χ1n) is 21.0. The third-order valence-corrected chi connectivity index (χ3v) is 11.4. The minimum Gasteiger partial charge on any atom is -0.507 e. The van der Waals surface area contributed by atoms with Gasteiger partial charge in [0.05, 0.1) is 0 Å². The number of hydrogen-bond acceptors (Lipinski definition) is 3. The van der Waals surface area contributed by atoms with Gasteiger partial charge in [-0.15, -0.1) is 0 Å². The summed E-state index contributed by atoms with van der Waals surface area (Å²) in [5, 5.41) is 34.7. The predicted octanol–water partition coefficient (Wildman–Crippen LogP) is 13.9. The van der Waals surface area contributed by atoms with Crippen molar-refractivity contribution in [1.82, 2.24) is 0 Å². The van der Waals surface area contributed by atoms with E-state index in [1.165, 1.54) is 38.9 Å². The van der Waals surface area contributed by atoms with E-state index in [9.17, 15) is 15.3 Å². The molecule has 0 bridgehead atoms. The molecular formula is C53H76O3. The predicted molar refractivity (Wildman–Crippen MR) is 241 cm³/mol. The Labute approximate surface area is 342 Å². The molecule has 0 radical (unpaired) electrons. The highest BCUT2D eigenvalue weighted by Gasteiger charge is 2.30. The first-order chi connectivity index (χ1) is 25.2. The molecule has 3 nitrogen and oxygen atoms in total. The highest BCUT2D eigenvalue weighted by Crippen LogP contribution is 2.44. The summed E-state index contributed by atoms with van der Waals surface area (Å²) < 4.78 is 0. The first-order valence-corrected chi connectivity index (χ1v) is 21.0. The number of aromatic hydroxyl groups is 3. The quantitative estimate of drug-likeness (QED) is 0.176. The van der Waals surface area contributed by atoms with E-state index in [0.717, 1.165) is 59.1 Å². The largest absolute Gasteiger partial charge is 0.507 e. The van der Waals surface area contributed by atoms with Crippen LogP contribution in [-0.2, 0) is 58.2 Å². The van der Waals surface area contributed by atoms with Crippen LogP contribution >= 0.6 is 0 Å². The zero-order valence-electron chi connectivity index (χ0n) is 38.8. The molecule has 0 aromatic heterocycles. The zero-order valence-corrected chi connectivity index (χ0v) is 38.8. The van der Waals surface area contributed by atoms with Crippen molar-refractivity contribution >= 4 is 0 Å². The maximum Gasteiger partial charge on any atom is 0.123 e. The average molecular weight is 761 g/mol. The highest BCUT2D eigenvalue weighted by molar-refractivity contribution is 5.55. The molecule has 306 valence electrons. The molecule has 4 aromatic rings. The molecule has 0 spiro atoms. The van der Waals surface area contributed by atoms with Crippen molar-refractivity contribution in [3.05, 3.63) is 121 Å². The maximum absolute atomic E-state index is 11.6. The summed E-state index contributed by atoms with van der Waals surface area (Å²) in [4.78, 5) is 0. The average Bonchev–Trinajstić information content (AvgIpc) is 3.00. The second kappa shape index (κ2) is 15.2. The second-order valence-corrected chi connectivity index (χ2v) is 22.9. The fourth-order valence-electron chi connectivity index (χ4n) is 8.24. The smallest absolute Gasteiger partial charge is 0.123 e. The van der Waals surface area contributed by atoms with E-state index in [1.54, 1.807) is 0 Å². The van der Waals surface area contributed by atoms with Crippen LogP contribution in [0.1, 0.15) is 204 Å². The Bertz CT molecular complexity index is 1860. The zero-order chi connectivity index (χ0) is 42.7. The van der Waals surface area contributed by atoms with Crippen LogP contribution in [0.15, 0.2) is 48.5 Å². The Balaban J connectivity index is 2.04. The summed E-state index contributed by atoms with van der Waals surface area (Å²) in [5.41, 5.74) is 13.4. The lowest BCUT2D eigenvalue weighted by Gasteiger charge is -2.29.